The third-order valence-electron chi connectivity index (χ3n) is 1.75. The molecule has 0 fully saturated rings. The van der Waals surface area contributed by atoms with E-state index in [0.717, 1.165) is 6.54 Å². The maximum absolute atomic E-state index is 5.21. The molecule has 0 aromatic heterocycles. The largest absolute Gasteiger partial charge is 0.330 e. The fourth-order valence-corrected chi connectivity index (χ4v) is 0.929. The molecule has 0 radical (unpaired) electrons. The average molecular weight is 179 g/mol. The minimum atomic E-state index is 0.855. The minimum absolute atomic E-state index is 0.855. The number of hydrogen-bond donors (Lipinski definition) is 1. The Balaban J connectivity index is 0.000000226. The second-order valence-corrected chi connectivity index (χ2v) is 3.15. The van der Waals surface area contributed by atoms with Crippen LogP contribution in [0.5, 0.6) is 0 Å². The van der Waals surface area contributed by atoms with E-state index >= 15 is 0 Å². The summed E-state index contributed by atoms with van der Waals surface area (Å²) in [4.78, 5) is 0. The highest BCUT2D eigenvalue weighted by Crippen LogP contribution is 1.92. The van der Waals surface area contributed by atoms with Crippen molar-refractivity contribution in [3.63, 3.8) is 0 Å². The first kappa shape index (κ1) is 12.2. The Morgan fingerprint density at radius 1 is 1.08 bits per heavy atom. The third kappa shape index (κ3) is 9.09. The van der Waals surface area contributed by atoms with Crippen LogP contribution in [0.25, 0.3) is 0 Å². The standard InChI is InChI=1S/C7H8.C5H13N/c1-7-5-3-2-4-6-7;1-2-3-4-5-6/h2-6H,1H3;2-6H2,1H3. The van der Waals surface area contributed by atoms with E-state index in [1.807, 2.05) is 18.2 Å². The van der Waals surface area contributed by atoms with Gasteiger partial charge < -0.3 is 5.73 Å². The summed E-state index contributed by atoms with van der Waals surface area (Å²) in [7, 11) is 0. The molecule has 0 heterocycles. The summed E-state index contributed by atoms with van der Waals surface area (Å²) >= 11 is 0. The van der Waals surface area contributed by atoms with Crippen LogP contribution in [0.2, 0.25) is 0 Å². The van der Waals surface area contributed by atoms with Crippen LogP contribution < -0.4 is 5.73 Å². The van der Waals surface area contributed by atoms with E-state index in [-0.39, 0.29) is 0 Å². The molecule has 0 aliphatic heterocycles. The van der Waals surface area contributed by atoms with E-state index in [9.17, 15) is 0 Å². The smallest absolute Gasteiger partial charge is 0.00773 e. The van der Waals surface area contributed by atoms with Crippen LogP contribution in [0, 0.1) is 6.92 Å². The van der Waals surface area contributed by atoms with E-state index in [0.29, 0.717) is 0 Å². The molecule has 0 saturated carbocycles. The second-order valence-electron chi connectivity index (χ2n) is 3.15. The lowest BCUT2D eigenvalue weighted by molar-refractivity contribution is 0.727. The summed E-state index contributed by atoms with van der Waals surface area (Å²) in [6.07, 6.45) is 3.75. The zero-order valence-electron chi connectivity index (χ0n) is 8.79. The fourth-order valence-electron chi connectivity index (χ4n) is 0.929. The molecule has 0 amide bonds. The molecule has 74 valence electrons. The number of benzene rings is 1. The van der Waals surface area contributed by atoms with Gasteiger partial charge in [-0.2, -0.15) is 0 Å². The van der Waals surface area contributed by atoms with Gasteiger partial charge >= 0.3 is 0 Å². The van der Waals surface area contributed by atoms with Crippen LogP contribution in [0.1, 0.15) is 31.7 Å². The van der Waals surface area contributed by atoms with E-state index in [2.05, 4.69) is 26.0 Å². The molecule has 0 saturated heterocycles. The van der Waals surface area contributed by atoms with Crippen molar-refractivity contribution in [1.29, 1.82) is 0 Å². The van der Waals surface area contributed by atoms with Crippen LogP contribution in [0.4, 0.5) is 0 Å². The Kier molecular flexibility index (Phi) is 8.68. The van der Waals surface area contributed by atoms with E-state index in [1.165, 1.54) is 24.8 Å². The minimum Gasteiger partial charge on any atom is -0.330 e. The molecular weight excluding hydrogens is 158 g/mol. The number of unbranched alkanes of at least 4 members (excludes halogenated alkanes) is 2. The van der Waals surface area contributed by atoms with Crippen molar-refractivity contribution in [3.8, 4) is 0 Å². The highest BCUT2D eigenvalue weighted by Gasteiger charge is 1.75. The number of rotatable bonds is 3. The summed E-state index contributed by atoms with van der Waals surface area (Å²) in [5, 5.41) is 0. The maximum Gasteiger partial charge on any atom is -0.00773 e. The van der Waals surface area contributed by atoms with Crippen LogP contribution in [0.15, 0.2) is 30.3 Å². The zero-order chi connectivity index (χ0) is 9.94. The van der Waals surface area contributed by atoms with Gasteiger partial charge in [-0.3, -0.25) is 0 Å². The van der Waals surface area contributed by atoms with Gasteiger partial charge in [0.15, 0.2) is 0 Å². The van der Waals surface area contributed by atoms with E-state index < -0.39 is 0 Å². The van der Waals surface area contributed by atoms with Crippen molar-refractivity contribution in [2.45, 2.75) is 33.1 Å². The van der Waals surface area contributed by atoms with Crippen LogP contribution in [-0.2, 0) is 0 Å². The van der Waals surface area contributed by atoms with Gasteiger partial charge in [-0.05, 0) is 19.9 Å². The molecule has 2 N–H and O–H groups in total. The van der Waals surface area contributed by atoms with Gasteiger partial charge in [0.05, 0.1) is 0 Å². The highest BCUT2D eigenvalue weighted by atomic mass is 14.5. The molecule has 0 aliphatic rings. The van der Waals surface area contributed by atoms with Gasteiger partial charge in [0, 0.05) is 0 Å². The molecule has 1 heteroatoms. The van der Waals surface area contributed by atoms with Crippen molar-refractivity contribution in [3.05, 3.63) is 35.9 Å². The van der Waals surface area contributed by atoms with Crippen LogP contribution in [-0.4, -0.2) is 6.54 Å². The van der Waals surface area contributed by atoms with Crippen molar-refractivity contribution in [2.24, 2.45) is 5.73 Å². The first-order valence-corrected chi connectivity index (χ1v) is 5.03. The zero-order valence-corrected chi connectivity index (χ0v) is 8.79. The SMILES string of the molecule is CCCCCN.Cc1ccccc1. The lowest BCUT2D eigenvalue weighted by atomic mass is 10.2. The molecule has 13 heavy (non-hydrogen) atoms. The first-order valence-electron chi connectivity index (χ1n) is 5.03. The Bertz CT molecular complexity index is 178. The molecule has 0 unspecified atom stereocenters. The number of aryl methyl sites for hydroxylation is 1. The summed E-state index contributed by atoms with van der Waals surface area (Å²) in [6.45, 7) is 5.11. The van der Waals surface area contributed by atoms with Crippen molar-refractivity contribution in [1.82, 2.24) is 0 Å². The van der Waals surface area contributed by atoms with Gasteiger partial charge in [0.1, 0.15) is 0 Å². The van der Waals surface area contributed by atoms with Gasteiger partial charge in [0.25, 0.3) is 0 Å². The van der Waals surface area contributed by atoms with Gasteiger partial charge in [-0.1, -0.05) is 55.7 Å². The lowest BCUT2D eigenvalue weighted by Crippen LogP contribution is -1.96. The Labute approximate surface area is 82.0 Å². The van der Waals surface area contributed by atoms with Crippen molar-refractivity contribution >= 4 is 0 Å². The van der Waals surface area contributed by atoms with Crippen LogP contribution in [0.3, 0.4) is 0 Å². The predicted octanol–water partition coefficient (Wildman–Crippen LogP) is 3.13. The molecule has 1 nitrogen and oxygen atoms in total. The summed E-state index contributed by atoms with van der Waals surface area (Å²) < 4.78 is 0. The first-order chi connectivity index (χ1) is 6.31. The second kappa shape index (κ2) is 9.27. The molecule has 1 aromatic carbocycles. The predicted molar refractivity (Wildman–Crippen MR) is 59.8 cm³/mol. The fraction of sp³-hybridized carbons (Fsp3) is 0.500. The van der Waals surface area contributed by atoms with Crippen molar-refractivity contribution in [2.75, 3.05) is 6.54 Å². The van der Waals surface area contributed by atoms with Gasteiger partial charge in [-0.25, -0.2) is 0 Å². The number of hydrogen-bond acceptors (Lipinski definition) is 1. The van der Waals surface area contributed by atoms with E-state index in [1.54, 1.807) is 0 Å². The molecular formula is C12H21N. The third-order valence-corrected chi connectivity index (χ3v) is 1.75. The summed E-state index contributed by atoms with van der Waals surface area (Å²) in [6, 6.07) is 10.3. The van der Waals surface area contributed by atoms with Crippen molar-refractivity contribution < 1.29 is 0 Å². The quantitative estimate of drug-likeness (QED) is 0.709. The Morgan fingerprint density at radius 2 is 1.69 bits per heavy atom. The Morgan fingerprint density at radius 3 is 1.92 bits per heavy atom. The number of nitrogens with two attached hydrogens (primary N) is 1. The molecule has 0 aliphatic carbocycles. The average Bonchev–Trinajstić information content (AvgIpc) is 2.17. The lowest BCUT2D eigenvalue weighted by Gasteiger charge is -1.86. The molecule has 0 bridgehead atoms. The highest BCUT2D eigenvalue weighted by molar-refractivity contribution is 5.11. The summed E-state index contributed by atoms with van der Waals surface area (Å²) in [5.41, 5.74) is 6.54. The molecule has 0 spiro atoms. The monoisotopic (exact) mass is 179 g/mol. The molecule has 0 atom stereocenters. The maximum atomic E-state index is 5.21. The van der Waals surface area contributed by atoms with Gasteiger partial charge in [-0.15, -0.1) is 0 Å². The summed E-state index contributed by atoms with van der Waals surface area (Å²) in [5.74, 6) is 0. The molecule has 1 rings (SSSR count). The molecule has 1 aromatic rings. The van der Waals surface area contributed by atoms with Crippen LogP contribution >= 0.6 is 0 Å². The topological polar surface area (TPSA) is 26.0 Å². The normalized spacial score (nSPS) is 8.85. The Hall–Kier alpha value is -0.820. The van der Waals surface area contributed by atoms with E-state index in [4.69, 9.17) is 5.73 Å². The van der Waals surface area contributed by atoms with Gasteiger partial charge in [0.2, 0.25) is 0 Å².